The topological polar surface area (TPSA) is 87.6 Å². The highest BCUT2D eigenvalue weighted by Crippen LogP contribution is 2.58. The molecule has 2 heterocycles. The normalized spacial score (nSPS) is 19.1. The standard InChI is InChI=1S/C20H16N2O3/c21-11-5-7-15-17(9-11)24-18-10-12(22)6-8-16(18)20(15)14-4-2-1-3-13(14)19(23)25-20/h3-10H,1-2,21-22H2. The number of anilines is 2. The number of esters is 1. The van der Waals surface area contributed by atoms with Crippen molar-refractivity contribution in [2.24, 2.45) is 0 Å². The van der Waals surface area contributed by atoms with E-state index in [-0.39, 0.29) is 5.97 Å². The predicted molar refractivity (Wildman–Crippen MR) is 94.1 cm³/mol. The first kappa shape index (κ1) is 14.2. The largest absolute Gasteiger partial charge is 0.456 e. The van der Waals surface area contributed by atoms with Crippen LogP contribution in [0.4, 0.5) is 11.4 Å². The summed E-state index contributed by atoms with van der Waals surface area (Å²) in [6.45, 7) is 0. The second-order valence-electron chi connectivity index (χ2n) is 6.50. The van der Waals surface area contributed by atoms with Crippen molar-refractivity contribution < 1.29 is 14.3 Å². The van der Waals surface area contributed by atoms with E-state index in [9.17, 15) is 4.79 Å². The molecule has 2 aromatic rings. The van der Waals surface area contributed by atoms with Crippen molar-refractivity contribution in [3.63, 3.8) is 0 Å². The van der Waals surface area contributed by atoms with Crippen LogP contribution in [-0.4, -0.2) is 5.97 Å². The number of ether oxygens (including phenoxy) is 2. The molecule has 2 aliphatic heterocycles. The van der Waals surface area contributed by atoms with Crippen LogP contribution in [0.2, 0.25) is 0 Å². The van der Waals surface area contributed by atoms with E-state index in [4.69, 9.17) is 20.9 Å². The van der Waals surface area contributed by atoms with E-state index in [1.807, 2.05) is 18.2 Å². The van der Waals surface area contributed by atoms with Crippen LogP contribution in [0.1, 0.15) is 24.0 Å². The van der Waals surface area contributed by atoms with Gasteiger partial charge < -0.3 is 20.9 Å². The van der Waals surface area contributed by atoms with Gasteiger partial charge in [0, 0.05) is 40.2 Å². The van der Waals surface area contributed by atoms with E-state index < -0.39 is 5.60 Å². The van der Waals surface area contributed by atoms with E-state index in [0.29, 0.717) is 28.4 Å². The number of allylic oxidation sites excluding steroid dienone is 2. The third-order valence-electron chi connectivity index (χ3n) is 4.99. The van der Waals surface area contributed by atoms with Gasteiger partial charge in [0.2, 0.25) is 0 Å². The number of benzene rings is 2. The van der Waals surface area contributed by atoms with Gasteiger partial charge in [-0.15, -0.1) is 0 Å². The zero-order valence-electron chi connectivity index (χ0n) is 13.4. The van der Waals surface area contributed by atoms with Gasteiger partial charge in [0.05, 0.1) is 5.57 Å². The molecule has 124 valence electrons. The van der Waals surface area contributed by atoms with E-state index in [1.165, 1.54) is 0 Å². The average molecular weight is 332 g/mol. The van der Waals surface area contributed by atoms with Crippen LogP contribution >= 0.6 is 0 Å². The summed E-state index contributed by atoms with van der Waals surface area (Å²) in [6.07, 6.45) is 5.75. The fourth-order valence-corrected chi connectivity index (χ4v) is 3.94. The Bertz CT molecular complexity index is 952. The van der Waals surface area contributed by atoms with Gasteiger partial charge >= 0.3 is 5.97 Å². The number of nitrogens with two attached hydrogens (primary N) is 2. The first-order valence-electron chi connectivity index (χ1n) is 8.22. The number of carbonyl (C=O) groups excluding carboxylic acids is 1. The van der Waals surface area contributed by atoms with Crippen LogP contribution in [0.5, 0.6) is 11.5 Å². The third kappa shape index (κ3) is 1.75. The summed E-state index contributed by atoms with van der Waals surface area (Å²) in [4.78, 5) is 12.6. The quantitative estimate of drug-likeness (QED) is 0.570. The van der Waals surface area contributed by atoms with Crippen molar-refractivity contribution in [3.8, 4) is 11.5 Å². The van der Waals surface area contributed by atoms with Crippen molar-refractivity contribution in [3.05, 3.63) is 70.8 Å². The molecule has 1 saturated heterocycles. The number of carbonyl (C=O) groups is 1. The molecule has 5 rings (SSSR count). The van der Waals surface area contributed by atoms with E-state index in [1.54, 1.807) is 24.3 Å². The molecule has 0 unspecified atom stereocenters. The highest BCUT2D eigenvalue weighted by molar-refractivity contribution is 6.00. The fourth-order valence-electron chi connectivity index (χ4n) is 3.94. The highest BCUT2D eigenvalue weighted by Gasteiger charge is 2.55. The van der Waals surface area contributed by atoms with Gasteiger partial charge in [-0.1, -0.05) is 12.2 Å². The molecule has 0 amide bonds. The molecule has 5 heteroatoms. The summed E-state index contributed by atoms with van der Waals surface area (Å²) in [5.41, 5.74) is 15.1. The zero-order chi connectivity index (χ0) is 17.2. The third-order valence-corrected chi connectivity index (χ3v) is 4.99. The van der Waals surface area contributed by atoms with E-state index >= 15 is 0 Å². The maximum absolute atomic E-state index is 12.6. The minimum absolute atomic E-state index is 0.307. The van der Waals surface area contributed by atoms with Gasteiger partial charge in [-0.05, 0) is 37.1 Å². The first-order chi connectivity index (χ1) is 12.1. The van der Waals surface area contributed by atoms with Crippen LogP contribution in [0.3, 0.4) is 0 Å². The first-order valence-corrected chi connectivity index (χ1v) is 8.22. The molecule has 25 heavy (non-hydrogen) atoms. The van der Waals surface area contributed by atoms with Crippen molar-refractivity contribution in [2.75, 3.05) is 11.5 Å². The van der Waals surface area contributed by atoms with Gasteiger partial charge in [-0.25, -0.2) is 4.79 Å². The molecular weight excluding hydrogens is 316 g/mol. The summed E-state index contributed by atoms with van der Waals surface area (Å²) in [6, 6.07) is 10.8. The van der Waals surface area contributed by atoms with E-state index in [0.717, 1.165) is 29.5 Å². The lowest BCUT2D eigenvalue weighted by molar-refractivity contribution is -0.143. The molecule has 0 radical (unpaired) electrons. The minimum atomic E-state index is -1.01. The second-order valence-corrected chi connectivity index (χ2v) is 6.50. The van der Waals surface area contributed by atoms with Crippen LogP contribution in [0.25, 0.3) is 0 Å². The van der Waals surface area contributed by atoms with Gasteiger partial charge in [0.25, 0.3) is 0 Å². The molecular formula is C20H16N2O3. The van der Waals surface area contributed by atoms with Crippen LogP contribution in [0.15, 0.2) is 59.7 Å². The van der Waals surface area contributed by atoms with Crippen LogP contribution in [-0.2, 0) is 15.1 Å². The Balaban J connectivity index is 1.87. The maximum atomic E-state index is 12.6. The number of rotatable bonds is 0. The highest BCUT2D eigenvalue weighted by atomic mass is 16.6. The molecule has 1 fully saturated rings. The lowest BCUT2D eigenvalue weighted by Gasteiger charge is -2.37. The molecule has 2 aromatic carbocycles. The van der Waals surface area contributed by atoms with Gasteiger partial charge in [0.1, 0.15) is 11.5 Å². The Morgan fingerprint density at radius 3 is 2.12 bits per heavy atom. The minimum Gasteiger partial charge on any atom is -0.456 e. The SMILES string of the molecule is Nc1ccc2c(c1)Oc1cc(N)ccc1C21OC(=O)C2=CCCC=C21. The van der Waals surface area contributed by atoms with Crippen LogP contribution in [0, 0.1) is 0 Å². The summed E-state index contributed by atoms with van der Waals surface area (Å²) >= 11 is 0. The molecule has 1 spiro atoms. The van der Waals surface area contributed by atoms with Crippen molar-refractivity contribution in [2.45, 2.75) is 18.4 Å². The lowest BCUT2D eigenvalue weighted by atomic mass is 9.75. The molecule has 0 saturated carbocycles. The summed E-state index contributed by atoms with van der Waals surface area (Å²) in [5, 5.41) is 0. The number of nitrogen functional groups attached to an aromatic ring is 2. The number of hydrogen-bond donors (Lipinski definition) is 2. The molecule has 5 nitrogen and oxygen atoms in total. The molecule has 3 aliphatic rings. The predicted octanol–water partition coefficient (Wildman–Crippen LogP) is 3.40. The van der Waals surface area contributed by atoms with Gasteiger partial charge in [0.15, 0.2) is 5.60 Å². The molecule has 4 N–H and O–H groups in total. The summed E-state index contributed by atoms with van der Waals surface area (Å²) < 4.78 is 12.1. The zero-order valence-corrected chi connectivity index (χ0v) is 13.4. The fraction of sp³-hybridized carbons (Fsp3) is 0.150. The van der Waals surface area contributed by atoms with Gasteiger partial charge in [-0.2, -0.15) is 0 Å². The average Bonchev–Trinajstić information content (AvgIpc) is 2.88. The van der Waals surface area contributed by atoms with Gasteiger partial charge in [-0.3, -0.25) is 0 Å². The number of fused-ring (bicyclic) bond motifs is 6. The maximum Gasteiger partial charge on any atom is 0.339 e. The summed E-state index contributed by atoms with van der Waals surface area (Å²) in [7, 11) is 0. The molecule has 0 aromatic heterocycles. The van der Waals surface area contributed by atoms with Crippen molar-refractivity contribution in [1.29, 1.82) is 0 Å². The van der Waals surface area contributed by atoms with Crippen LogP contribution < -0.4 is 16.2 Å². The molecule has 1 aliphatic carbocycles. The van der Waals surface area contributed by atoms with Crippen molar-refractivity contribution >= 4 is 17.3 Å². The monoisotopic (exact) mass is 332 g/mol. The lowest BCUT2D eigenvalue weighted by Crippen LogP contribution is -2.33. The molecule has 0 bridgehead atoms. The Labute approximate surface area is 144 Å². The Kier molecular flexibility index (Phi) is 2.64. The van der Waals surface area contributed by atoms with E-state index in [2.05, 4.69) is 6.08 Å². The Hall–Kier alpha value is -3.21. The number of hydrogen-bond acceptors (Lipinski definition) is 5. The smallest absolute Gasteiger partial charge is 0.339 e. The van der Waals surface area contributed by atoms with Crippen molar-refractivity contribution in [1.82, 2.24) is 0 Å². The molecule has 0 atom stereocenters. The second kappa shape index (κ2) is 4.66. The Morgan fingerprint density at radius 1 is 0.880 bits per heavy atom. The summed E-state index contributed by atoms with van der Waals surface area (Å²) in [5.74, 6) is 0.857. The Morgan fingerprint density at radius 2 is 1.48 bits per heavy atom.